The second kappa shape index (κ2) is 9.90. The van der Waals surface area contributed by atoms with E-state index in [0.29, 0.717) is 17.7 Å². The first-order valence-electron chi connectivity index (χ1n) is 10.1. The number of aromatic amines is 1. The van der Waals surface area contributed by atoms with Gasteiger partial charge in [0, 0.05) is 17.4 Å². The van der Waals surface area contributed by atoms with Gasteiger partial charge in [0.25, 0.3) is 11.5 Å². The number of rotatable bonds is 9. The van der Waals surface area contributed by atoms with E-state index in [-0.39, 0.29) is 23.4 Å². The second-order valence-corrected chi connectivity index (χ2v) is 7.77. The molecule has 0 bridgehead atoms. The van der Waals surface area contributed by atoms with Gasteiger partial charge in [0.05, 0.1) is 0 Å². The predicted octanol–water partition coefficient (Wildman–Crippen LogP) is 2.13. The number of carbonyl (C=O) groups excluding carboxylic acids is 2. The van der Waals surface area contributed by atoms with Crippen molar-refractivity contribution >= 4 is 29.3 Å². The fraction of sp³-hybridized carbons (Fsp3) is 0.227. The molecule has 10 nitrogen and oxygen atoms in total. The number of pyridine rings is 1. The fourth-order valence-corrected chi connectivity index (χ4v) is 3.22. The Bertz CT molecular complexity index is 1240. The van der Waals surface area contributed by atoms with Gasteiger partial charge in [-0.3, -0.25) is 24.4 Å². The zero-order chi connectivity index (χ0) is 24.1. The number of aromatic nitrogens is 3. The van der Waals surface area contributed by atoms with E-state index in [1.54, 1.807) is 24.3 Å². The molecule has 3 rings (SSSR count). The first-order chi connectivity index (χ1) is 15.7. The number of nitrogens with one attached hydrogen (secondary N) is 3. The third-order valence-electron chi connectivity index (χ3n) is 4.68. The number of benzene rings is 1. The average molecular weight is 453 g/mol. The van der Waals surface area contributed by atoms with Crippen LogP contribution in [0.3, 0.4) is 0 Å². The minimum Gasteiger partial charge on any atom is -0.368 e. The molecule has 2 aromatic heterocycles. The first kappa shape index (κ1) is 23.4. The van der Waals surface area contributed by atoms with Crippen LogP contribution in [0.2, 0.25) is 0 Å². The molecule has 7 N–H and O–H groups in total. The van der Waals surface area contributed by atoms with Crippen molar-refractivity contribution < 1.29 is 14.0 Å². The van der Waals surface area contributed by atoms with Crippen LogP contribution in [0.4, 0.5) is 21.8 Å². The number of nitrogens with two attached hydrogens (primary N) is 2. The van der Waals surface area contributed by atoms with E-state index in [1.807, 2.05) is 13.8 Å². The molecule has 0 radical (unpaired) electrons. The van der Waals surface area contributed by atoms with E-state index in [0.717, 1.165) is 0 Å². The maximum absolute atomic E-state index is 14.1. The number of nitrogens with zero attached hydrogens (tertiary/aromatic N) is 2. The third kappa shape index (κ3) is 5.70. The monoisotopic (exact) mass is 453 g/mol. The van der Waals surface area contributed by atoms with Crippen molar-refractivity contribution in [2.24, 2.45) is 17.4 Å². The van der Waals surface area contributed by atoms with Crippen molar-refractivity contribution in [3.8, 4) is 11.3 Å². The largest absolute Gasteiger partial charge is 0.368 e. The van der Waals surface area contributed by atoms with Gasteiger partial charge in [0.2, 0.25) is 11.9 Å². The van der Waals surface area contributed by atoms with Crippen LogP contribution in [0, 0.1) is 11.7 Å². The van der Waals surface area contributed by atoms with Gasteiger partial charge in [0.15, 0.2) is 5.82 Å². The van der Waals surface area contributed by atoms with Gasteiger partial charge in [-0.05, 0) is 36.6 Å². The van der Waals surface area contributed by atoms with Gasteiger partial charge in [0.1, 0.15) is 23.1 Å². The highest BCUT2D eigenvalue weighted by atomic mass is 19.1. The summed E-state index contributed by atoms with van der Waals surface area (Å²) < 4.78 is 14.1. The van der Waals surface area contributed by atoms with Crippen LogP contribution in [0.5, 0.6) is 0 Å². The summed E-state index contributed by atoms with van der Waals surface area (Å²) in [6, 6.07) is 8.49. The Hall–Kier alpha value is -4.28. The Morgan fingerprint density at radius 1 is 1.18 bits per heavy atom. The van der Waals surface area contributed by atoms with Crippen LogP contribution < -0.4 is 27.7 Å². The summed E-state index contributed by atoms with van der Waals surface area (Å²) in [5.74, 6) is -2.19. The summed E-state index contributed by atoms with van der Waals surface area (Å²) in [7, 11) is 0. The van der Waals surface area contributed by atoms with Crippen molar-refractivity contribution in [1.82, 2.24) is 15.0 Å². The number of halogens is 1. The lowest BCUT2D eigenvalue weighted by Crippen LogP contribution is -2.38. The lowest BCUT2D eigenvalue weighted by Gasteiger charge is -2.18. The first-order valence-corrected chi connectivity index (χ1v) is 10.1. The molecule has 1 unspecified atom stereocenters. The van der Waals surface area contributed by atoms with Gasteiger partial charge >= 0.3 is 0 Å². The molecule has 1 aromatic carbocycles. The number of hydrogen-bond acceptors (Lipinski definition) is 7. The molecule has 0 fully saturated rings. The van der Waals surface area contributed by atoms with E-state index in [2.05, 4.69) is 25.6 Å². The molecule has 2 amide bonds. The van der Waals surface area contributed by atoms with Crippen molar-refractivity contribution in [3.63, 3.8) is 0 Å². The molecule has 0 spiro atoms. The maximum Gasteiger partial charge on any atom is 0.267 e. The van der Waals surface area contributed by atoms with Crippen LogP contribution in [0.25, 0.3) is 11.3 Å². The van der Waals surface area contributed by atoms with Crippen LogP contribution >= 0.6 is 0 Å². The van der Waals surface area contributed by atoms with Crippen molar-refractivity contribution in [2.75, 3.05) is 10.6 Å². The minimum atomic E-state index is -1.00. The van der Waals surface area contributed by atoms with Gasteiger partial charge in [-0.1, -0.05) is 26.0 Å². The molecular weight excluding hydrogens is 429 g/mol. The molecule has 0 aliphatic heterocycles. The van der Waals surface area contributed by atoms with Crippen LogP contribution in [-0.4, -0.2) is 32.8 Å². The summed E-state index contributed by atoms with van der Waals surface area (Å²) in [5, 5.41) is 5.66. The highest BCUT2D eigenvalue weighted by Crippen LogP contribution is 2.25. The molecule has 0 aliphatic carbocycles. The lowest BCUT2D eigenvalue weighted by atomic mass is 10.0. The molecule has 33 heavy (non-hydrogen) atoms. The highest BCUT2D eigenvalue weighted by molar-refractivity contribution is 5.98. The normalized spacial score (nSPS) is 11.8. The maximum atomic E-state index is 14.1. The van der Waals surface area contributed by atoms with E-state index in [4.69, 9.17) is 11.5 Å². The summed E-state index contributed by atoms with van der Waals surface area (Å²) >= 11 is 0. The Labute approximate surface area is 188 Å². The molecular formula is C22H24FN7O3. The Balaban J connectivity index is 1.99. The highest BCUT2D eigenvalue weighted by Gasteiger charge is 2.21. The smallest absolute Gasteiger partial charge is 0.267 e. The number of primary amides is 2. The van der Waals surface area contributed by atoms with Crippen molar-refractivity contribution in [2.45, 2.75) is 26.3 Å². The Morgan fingerprint density at radius 3 is 2.58 bits per heavy atom. The van der Waals surface area contributed by atoms with E-state index in [9.17, 15) is 18.8 Å². The molecule has 0 saturated heterocycles. The van der Waals surface area contributed by atoms with Crippen LogP contribution in [0.1, 0.15) is 30.6 Å². The summed E-state index contributed by atoms with van der Waals surface area (Å²) in [6.07, 6.45) is 1.86. The van der Waals surface area contributed by atoms with Gasteiger partial charge in [-0.15, -0.1) is 0 Å². The van der Waals surface area contributed by atoms with E-state index >= 15 is 0 Å². The van der Waals surface area contributed by atoms with Gasteiger partial charge in [-0.25, -0.2) is 4.39 Å². The zero-order valence-corrected chi connectivity index (χ0v) is 18.1. The molecule has 1 atom stereocenters. The molecule has 2 heterocycles. The topological polar surface area (TPSA) is 169 Å². The average Bonchev–Trinajstić information content (AvgIpc) is 2.73. The third-order valence-corrected chi connectivity index (χ3v) is 4.68. The molecule has 11 heteroatoms. The summed E-state index contributed by atoms with van der Waals surface area (Å²) in [6.45, 7) is 3.82. The summed E-state index contributed by atoms with van der Waals surface area (Å²) in [4.78, 5) is 46.9. The number of carbonyl (C=O) groups is 2. The Morgan fingerprint density at radius 2 is 1.94 bits per heavy atom. The fourth-order valence-electron chi connectivity index (χ4n) is 3.22. The van der Waals surface area contributed by atoms with Crippen LogP contribution in [0.15, 0.2) is 47.4 Å². The number of H-pyrrole nitrogens is 1. The number of anilines is 3. The second-order valence-electron chi connectivity index (χ2n) is 7.77. The quantitative estimate of drug-likeness (QED) is 0.330. The molecule has 0 aliphatic rings. The summed E-state index contributed by atoms with van der Waals surface area (Å²) in [5.41, 5.74) is 10.6. The number of amides is 2. The Kier molecular flexibility index (Phi) is 7.01. The molecule has 172 valence electrons. The van der Waals surface area contributed by atoms with Crippen LogP contribution in [-0.2, 0) is 4.79 Å². The predicted molar refractivity (Wildman–Crippen MR) is 122 cm³/mol. The number of hydrogen-bond donors (Lipinski definition) is 5. The van der Waals surface area contributed by atoms with E-state index < -0.39 is 34.8 Å². The van der Waals surface area contributed by atoms with Gasteiger partial charge < -0.3 is 22.1 Å². The van der Waals surface area contributed by atoms with E-state index in [1.165, 1.54) is 18.3 Å². The van der Waals surface area contributed by atoms with Crippen molar-refractivity contribution in [1.29, 1.82) is 0 Å². The SMILES string of the molecule is CC(C)CC(Nc1nc(Nc2cccc(-c3ncccc3F)c2)c(C(N)=O)c(=O)[nH]1)C(N)=O. The standard InChI is InChI=1S/C22H24FN7O3/c1-11(2)9-15(18(24)31)28-22-29-20(16(19(25)32)21(33)30-22)27-13-6-3-5-12(10-13)17-14(23)7-4-8-26-17/h3-8,10-11,15H,9H2,1-2H3,(H2,24,31)(H2,25,32)(H3,27,28,29,30,33). The van der Waals surface area contributed by atoms with Gasteiger partial charge in [-0.2, -0.15) is 4.98 Å². The van der Waals surface area contributed by atoms with Crippen molar-refractivity contribution in [3.05, 3.63) is 64.3 Å². The zero-order valence-electron chi connectivity index (χ0n) is 18.1. The molecule has 3 aromatic rings. The minimum absolute atomic E-state index is 0.0659. The lowest BCUT2D eigenvalue weighted by molar-refractivity contribution is -0.119. The molecule has 0 saturated carbocycles.